The van der Waals surface area contributed by atoms with Gasteiger partial charge < -0.3 is 0 Å². The fourth-order valence-corrected chi connectivity index (χ4v) is 2.00. The molecule has 0 atom stereocenters. The Bertz CT molecular complexity index is 379. The van der Waals surface area contributed by atoms with Gasteiger partial charge in [-0.1, -0.05) is 19.9 Å². The van der Waals surface area contributed by atoms with E-state index in [-0.39, 0.29) is 11.2 Å². The second kappa shape index (κ2) is 5.12. The normalized spacial score (nSPS) is 11.2. The molecule has 1 aromatic carbocycles. The highest BCUT2D eigenvalue weighted by molar-refractivity contribution is 5.25. The van der Waals surface area contributed by atoms with Crippen molar-refractivity contribution in [3.05, 3.63) is 35.1 Å². The predicted octanol–water partition coefficient (Wildman–Crippen LogP) is 4.01. The Hall–Kier alpha value is -1.36. The van der Waals surface area contributed by atoms with Crippen molar-refractivity contribution in [1.29, 1.82) is 5.26 Å². The first-order chi connectivity index (χ1) is 7.55. The van der Waals surface area contributed by atoms with Crippen LogP contribution < -0.4 is 0 Å². The van der Waals surface area contributed by atoms with Crippen LogP contribution in [-0.4, -0.2) is 0 Å². The smallest absolute Gasteiger partial charge is 0.123 e. The number of hydrogen-bond acceptors (Lipinski definition) is 1. The van der Waals surface area contributed by atoms with Crippen LogP contribution in [0.3, 0.4) is 0 Å². The fourth-order valence-electron chi connectivity index (χ4n) is 2.00. The lowest BCUT2D eigenvalue weighted by Crippen LogP contribution is -2.19. The molecule has 1 aromatic rings. The van der Waals surface area contributed by atoms with Gasteiger partial charge in [0.05, 0.1) is 11.5 Å². The second-order valence-corrected chi connectivity index (χ2v) is 4.41. The first-order valence-electron chi connectivity index (χ1n) is 5.72. The molecule has 0 N–H and O–H groups in total. The lowest BCUT2D eigenvalue weighted by atomic mass is 9.78. The standard InChI is InChI=1S/C14H18FN/c1-4-14(5-2,10-16)9-12-6-11(3)7-13(15)8-12/h6-8H,4-5,9H2,1-3H3. The summed E-state index contributed by atoms with van der Waals surface area (Å²) in [5, 5.41) is 9.23. The molecule has 0 aliphatic heterocycles. The summed E-state index contributed by atoms with van der Waals surface area (Å²) < 4.78 is 13.2. The molecule has 0 bridgehead atoms. The highest BCUT2D eigenvalue weighted by Gasteiger charge is 2.26. The maximum Gasteiger partial charge on any atom is 0.123 e. The predicted molar refractivity (Wildman–Crippen MR) is 63.5 cm³/mol. The molecule has 0 fully saturated rings. The van der Waals surface area contributed by atoms with Gasteiger partial charge in [-0.05, 0) is 49.4 Å². The molecule has 0 spiro atoms. The van der Waals surface area contributed by atoms with Gasteiger partial charge >= 0.3 is 0 Å². The molecule has 0 unspecified atom stereocenters. The molecule has 2 heteroatoms. The Labute approximate surface area is 96.9 Å². The summed E-state index contributed by atoms with van der Waals surface area (Å²) in [7, 11) is 0. The van der Waals surface area contributed by atoms with E-state index in [1.807, 2.05) is 26.8 Å². The van der Waals surface area contributed by atoms with Crippen LogP contribution in [0.2, 0.25) is 0 Å². The maximum atomic E-state index is 13.2. The average Bonchev–Trinajstić information content (AvgIpc) is 2.25. The zero-order valence-corrected chi connectivity index (χ0v) is 10.2. The van der Waals surface area contributed by atoms with Gasteiger partial charge in [0.25, 0.3) is 0 Å². The summed E-state index contributed by atoms with van der Waals surface area (Å²) >= 11 is 0. The summed E-state index contributed by atoms with van der Waals surface area (Å²) in [6, 6.07) is 7.38. The minimum atomic E-state index is -0.347. The third kappa shape index (κ3) is 2.82. The van der Waals surface area contributed by atoms with E-state index in [0.29, 0.717) is 6.42 Å². The van der Waals surface area contributed by atoms with Gasteiger partial charge in [-0.15, -0.1) is 0 Å². The van der Waals surface area contributed by atoms with Gasteiger partial charge in [0.2, 0.25) is 0 Å². The largest absolute Gasteiger partial charge is 0.207 e. The van der Waals surface area contributed by atoms with Crippen molar-refractivity contribution in [2.75, 3.05) is 0 Å². The zero-order valence-electron chi connectivity index (χ0n) is 10.2. The molecule has 1 nitrogen and oxygen atoms in total. The quantitative estimate of drug-likeness (QED) is 0.750. The molecule has 0 amide bonds. The van der Waals surface area contributed by atoms with Crippen molar-refractivity contribution in [2.24, 2.45) is 5.41 Å². The van der Waals surface area contributed by atoms with Crippen molar-refractivity contribution < 1.29 is 4.39 Å². The Kier molecular flexibility index (Phi) is 4.06. The highest BCUT2D eigenvalue weighted by Crippen LogP contribution is 2.30. The van der Waals surface area contributed by atoms with Crippen LogP contribution in [-0.2, 0) is 6.42 Å². The Morgan fingerprint density at radius 2 is 1.88 bits per heavy atom. The Balaban J connectivity index is 2.99. The van der Waals surface area contributed by atoms with Gasteiger partial charge in [0, 0.05) is 0 Å². The number of benzene rings is 1. The Morgan fingerprint density at radius 3 is 2.31 bits per heavy atom. The van der Waals surface area contributed by atoms with Crippen LogP contribution in [0.25, 0.3) is 0 Å². The molecule has 0 aromatic heterocycles. The minimum Gasteiger partial charge on any atom is -0.207 e. The fraction of sp³-hybridized carbons (Fsp3) is 0.500. The molecule has 1 rings (SSSR count). The van der Waals surface area contributed by atoms with E-state index in [1.165, 1.54) is 12.1 Å². The van der Waals surface area contributed by atoms with E-state index >= 15 is 0 Å². The Morgan fingerprint density at radius 1 is 1.25 bits per heavy atom. The number of hydrogen-bond donors (Lipinski definition) is 0. The SMILES string of the molecule is CCC(C#N)(CC)Cc1cc(C)cc(F)c1. The van der Waals surface area contributed by atoms with Crippen LogP contribution in [0.4, 0.5) is 4.39 Å². The van der Waals surface area contributed by atoms with Crippen molar-refractivity contribution in [1.82, 2.24) is 0 Å². The summed E-state index contributed by atoms with van der Waals surface area (Å²) in [5.74, 6) is -0.214. The van der Waals surface area contributed by atoms with Crippen LogP contribution >= 0.6 is 0 Å². The molecule has 0 saturated carbocycles. The van der Waals surface area contributed by atoms with E-state index in [4.69, 9.17) is 0 Å². The summed E-state index contributed by atoms with van der Waals surface area (Å²) in [6.07, 6.45) is 2.24. The van der Waals surface area contributed by atoms with Crippen molar-refractivity contribution in [3.63, 3.8) is 0 Å². The van der Waals surface area contributed by atoms with Gasteiger partial charge in [-0.2, -0.15) is 5.26 Å². The highest BCUT2D eigenvalue weighted by atomic mass is 19.1. The number of nitriles is 1. The third-order valence-corrected chi connectivity index (χ3v) is 3.24. The number of aryl methyl sites for hydroxylation is 1. The molecular weight excluding hydrogens is 201 g/mol. The first kappa shape index (κ1) is 12.7. The lowest BCUT2D eigenvalue weighted by molar-refractivity contribution is 0.363. The van der Waals surface area contributed by atoms with E-state index < -0.39 is 0 Å². The van der Waals surface area contributed by atoms with Gasteiger partial charge in [-0.3, -0.25) is 0 Å². The molecule has 0 saturated heterocycles. The second-order valence-electron chi connectivity index (χ2n) is 4.41. The molecule has 16 heavy (non-hydrogen) atoms. The maximum absolute atomic E-state index is 13.2. The zero-order chi connectivity index (χ0) is 12.2. The number of halogens is 1. The molecular formula is C14H18FN. The van der Waals surface area contributed by atoms with Crippen LogP contribution in [0.1, 0.15) is 37.8 Å². The summed E-state index contributed by atoms with van der Waals surface area (Å²) in [4.78, 5) is 0. The van der Waals surface area contributed by atoms with Crippen molar-refractivity contribution >= 4 is 0 Å². The first-order valence-corrected chi connectivity index (χ1v) is 5.72. The molecule has 86 valence electrons. The van der Waals surface area contributed by atoms with Gasteiger partial charge in [0.1, 0.15) is 5.82 Å². The number of rotatable bonds is 4. The van der Waals surface area contributed by atoms with Gasteiger partial charge in [-0.25, -0.2) is 4.39 Å². The monoisotopic (exact) mass is 219 g/mol. The third-order valence-electron chi connectivity index (χ3n) is 3.24. The average molecular weight is 219 g/mol. The lowest BCUT2D eigenvalue weighted by Gasteiger charge is -2.23. The van der Waals surface area contributed by atoms with Crippen LogP contribution in [0.5, 0.6) is 0 Å². The van der Waals surface area contributed by atoms with Crippen molar-refractivity contribution in [2.45, 2.75) is 40.0 Å². The topological polar surface area (TPSA) is 23.8 Å². The number of nitrogens with zero attached hydrogens (tertiary/aromatic N) is 1. The van der Waals surface area contributed by atoms with Crippen LogP contribution in [0.15, 0.2) is 18.2 Å². The summed E-state index contributed by atoms with van der Waals surface area (Å²) in [6.45, 7) is 5.90. The van der Waals surface area contributed by atoms with Crippen LogP contribution in [0, 0.1) is 29.5 Å². The molecule has 0 aliphatic rings. The van der Waals surface area contributed by atoms with E-state index in [0.717, 1.165) is 24.0 Å². The molecule has 0 heterocycles. The van der Waals surface area contributed by atoms with Gasteiger partial charge in [0.15, 0.2) is 0 Å². The van der Waals surface area contributed by atoms with Crippen molar-refractivity contribution in [3.8, 4) is 6.07 Å². The minimum absolute atomic E-state index is 0.214. The molecule has 0 aliphatic carbocycles. The summed E-state index contributed by atoms with van der Waals surface area (Å²) in [5.41, 5.74) is 1.48. The van der Waals surface area contributed by atoms with E-state index in [2.05, 4.69) is 6.07 Å². The molecule has 0 radical (unpaired) electrons. The van der Waals surface area contributed by atoms with E-state index in [1.54, 1.807) is 0 Å². The van der Waals surface area contributed by atoms with E-state index in [9.17, 15) is 9.65 Å².